The minimum absolute atomic E-state index is 0.0744. The van der Waals surface area contributed by atoms with Crippen LogP contribution < -0.4 is 10.6 Å². The van der Waals surface area contributed by atoms with E-state index in [-0.39, 0.29) is 18.5 Å². The number of carboxylic acid groups (broad SMARTS) is 1. The van der Waals surface area contributed by atoms with Gasteiger partial charge in [-0.05, 0) is 26.0 Å². The van der Waals surface area contributed by atoms with Gasteiger partial charge in [0.25, 0.3) is 0 Å². The molecule has 0 rings (SSSR count). The van der Waals surface area contributed by atoms with Crippen LogP contribution in [0.3, 0.4) is 0 Å². The molecule has 0 radical (unpaired) electrons. The highest BCUT2D eigenvalue weighted by atomic mass is 32.2. The molecule has 0 aromatic heterocycles. The predicted octanol–water partition coefficient (Wildman–Crippen LogP) is 1.68. The van der Waals surface area contributed by atoms with Gasteiger partial charge in [0.2, 0.25) is 0 Å². The van der Waals surface area contributed by atoms with Crippen LogP contribution in [0.2, 0.25) is 0 Å². The monoisotopic (exact) mass is 262 g/mol. The highest BCUT2D eigenvalue weighted by molar-refractivity contribution is 7.99. The van der Waals surface area contributed by atoms with Crippen LogP contribution in [-0.4, -0.2) is 41.2 Å². The summed E-state index contributed by atoms with van der Waals surface area (Å²) in [4.78, 5) is 21.7. The average Bonchev–Trinajstić information content (AvgIpc) is 2.26. The number of carboxylic acids is 1. The molecule has 0 fully saturated rings. The lowest BCUT2D eigenvalue weighted by Gasteiger charge is -2.14. The molecule has 5 nitrogen and oxygen atoms in total. The molecule has 0 heterocycles. The Balaban J connectivity index is 3.60. The Morgan fingerprint density at radius 3 is 2.47 bits per heavy atom. The van der Waals surface area contributed by atoms with Crippen LogP contribution in [0.5, 0.6) is 0 Å². The Morgan fingerprint density at radius 1 is 1.29 bits per heavy atom. The van der Waals surface area contributed by atoms with Crippen LogP contribution in [0.15, 0.2) is 0 Å². The van der Waals surface area contributed by atoms with Crippen LogP contribution in [-0.2, 0) is 4.79 Å². The standard InChI is InChI=1S/C11H22N2O3S/c1-8(4-5-10(14)15)13-11(16)12-7-6-9(2)17-3/h8-9H,4-7H2,1-3H3,(H,14,15)(H2,12,13,16). The molecule has 0 aliphatic rings. The number of rotatable bonds is 8. The first-order chi connectivity index (χ1) is 7.95. The normalized spacial score (nSPS) is 13.8. The zero-order valence-corrected chi connectivity index (χ0v) is 11.5. The lowest BCUT2D eigenvalue weighted by atomic mass is 10.2. The van der Waals surface area contributed by atoms with E-state index in [4.69, 9.17) is 5.11 Å². The maximum Gasteiger partial charge on any atom is 0.314 e. The van der Waals surface area contributed by atoms with Gasteiger partial charge in [0, 0.05) is 24.3 Å². The average molecular weight is 262 g/mol. The number of carbonyl (C=O) groups is 2. The largest absolute Gasteiger partial charge is 0.481 e. The molecule has 0 saturated heterocycles. The fourth-order valence-electron chi connectivity index (χ4n) is 1.19. The van der Waals surface area contributed by atoms with Crippen LogP contribution in [0, 0.1) is 0 Å². The predicted molar refractivity (Wildman–Crippen MR) is 70.5 cm³/mol. The quantitative estimate of drug-likeness (QED) is 0.622. The van der Waals surface area contributed by atoms with Crippen molar-refractivity contribution in [3.8, 4) is 0 Å². The van der Waals surface area contributed by atoms with Gasteiger partial charge in [-0.2, -0.15) is 11.8 Å². The van der Waals surface area contributed by atoms with Crippen LogP contribution in [0.4, 0.5) is 4.79 Å². The number of carbonyl (C=O) groups excluding carboxylic acids is 1. The summed E-state index contributed by atoms with van der Waals surface area (Å²) >= 11 is 1.76. The molecule has 0 bridgehead atoms. The van der Waals surface area contributed by atoms with Gasteiger partial charge in [0.15, 0.2) is 0 Å². The molecular weight excluding hydrogens is 240 g/mol. The van der Waals surface area contributed by atoms with Crippen molar-refractivity contribution in [2.75, 3.05) is 12.8 Å². The second-order valence-electron chi connectivity index (χ2n) is 4.07. The Bertz CT molecular complexity index is 249. The Morgan fingerprint density at radius 2 is 1.94 bits per heavy atom. The van der Waals surface area contributed by atoms with Crippen molar-refractivity contribution in [2.24, 2.45) is 0 Å². The third-order valence-corrected chi connectivity index (χ3v) is 3.45. The van der Waals surface area contributed by atoms with E-state index in [0.29, 0.717) is 18.2 Å². The molecule has 0 spiro atoms. The van der Waals surface area contributed by atoms with E-state index in [2.05, 4.69) is 17.6 Å². The number of hydrogen-bond donors (Lipinski definition) is 3. The Labute approximate surface area is 107 Å². The number of nitrogens with one attached hydrogen (secondary N) is 2. The first-order valence-corrected chi connectivity index (χ1v) is 7.03. The zero-order valence-electron chi connectivity index (χ0n) is 10.7. The van der Waals surface area contributed by atoms with Crippen molar-refractivity contribution in [3.63, 3.8) is 0 Å². The van der Waals surface area contributed by atoms with E-state index in [1.54, 1.807) is 18.7 Å². The summed E-state index contributed by atoms with van der Waals surface area (Å²) in [6.07, 6.45) is 3.49. The summed E-state index contributed by atoms with van der Waals surface area (Å²) in [5.41, 5.74) is 0. The second kappa shape index (κ2) is 9.15. The van der Waals surface area contributed by atoms with Gasteiger partial charge in [-0.3, -0.25) is 4.79 Å². The van der Waals surface area contributed by atoms with E-state index in [9.17, 15) is 9.59 Å². The summed E-state index contributed by atoms with van der Waals surface area (Å²) in [6, 6.07) is -0.347. The molecule has 2 amide bonds. The zero-order chi connectivity index (χ0) is 13.3. The maximum absolute atomic E-state index is 11.4. The van der Waals surface area contributed by atoms with Crippen molar-refractivity contribution >= 4 is 23.8 Å². The summed E-state index contributed by atoms with van der Waals surface area (Å²) in [6.45, 7) is 4.55. The van der Waals surface area contributed by atoms with Crippen LogP contribution in [0.1, 0.15) is 33.1 Å². The number of amides is 2. The number of hydrogen-bond acceptors (Lipinski definition) is 3. The Kier molecular flexibility index (Phi) is 8.66. The van der Waals surface area contributed by atoms with Gasteiger partial charge in [-0.15, -0.1) is 0 Å². The topological polar surface area (TPSA) is 78.4 Å². The second-order valence-corrected chi connectivity index (χ2v) is 5.34. The molecule has 3 N–H and O–H groups in total. The molecule has 2 unspecified atom stereocenters. The van der Waals surface area contributed by atoms with E-state index >= 15 is 0 Å². The van der Waals surface area contributed by atoms with Crippen LogP contribution in [0.25, 0.3) is 0 Å². The summed E-state index contributed by atoms with van der Waals surface area (Å²) in [5, 5.41) is 14.5. The van der Waals surface area contributed by atoms with Gasteiger partial charge in [0.05, 0.1) is 0 Å². The lowest BCUT2D eigenvalue weighted by Crippen LogP contribution is -2.41. The van der Waals surface area contributed by atoms with Crippen molar-refractivity contribution in [1.29, 1.82) is 0 Å². The molecule has 6 heteroatoms. The van der Waals surface area contributed by atoms with E-state index in [1.807, 2.05) is 6.26 Å². The molecular formula is C11H22N2O3S. The van der Waals surface area contributed by atoms with Gasteiger partial charge in [-0.1, -0.05) is 6.92 Å². The maximum atomic E-state index is 11.4. The first-order valence-electron chi connectivity index (χ1n) is 5.74. The summed E-state index contributed by atoms with van der Waals surface area (Å²) in [7, 11) is 0. The molecule has 0 aromatic rings. The smallest absolute Gasteiger partial charge is 0.314 e. The molecule has 0 aliphatic carbocycles. The SMILES string of the molecule is CSC(C)CCNC(=O)NC(C)CCC(=O)O. The molecule has 17 heavy (non-hydrogen) atoms. The molecule has 0 aromatic carbocycles. The first kappa shape index (κ1) is 16.1. The van der Waals surface area contributed by atoms with Gasteiger partial charge in [0.1, 0.15) is 0 Å². The van der Waals surface area contributed by atoms with Crippen molar-refractivity contribution in [2.45, 2.75) is 44.4 Å². The van der Waals surface area contributed by atoms with E-state index in [1.165, 1.54) is 0 Å². The third kappa shape index (κ3) is 9.99. The van der Waals surface area contributed by atoms with Crippen molar-refractivity contribution in [1.82, 2.24) is 10.6 Å². The lowest BCUT2D eigenvalue weighted by molar-refractivity contribution is -0.137. The highest BCUT2D eigenvalue weighted by Gasteiger charge is 2.08. The van der Waals surface area contributed by atoms with E-state index in [0.717, 1.165) is 6.42 Å². The van der Waals surface area contributed by atoms with Crippen molar-refractivity contribution < 1.29 is 14.7 Å². The molecule has 0 aliphatic heterocycles. The highest BCUT2D eigenvalue weighted by Crippen LogP contribution is 2.07. The molecule has 100 valence electrons. The molecule has 0 saturated carbocycles. The van der Waals surface area contributed by atoms with Gasteiger partial charge in [-0.25, -0.2) is 4.79 Å². The number of aliphatic carboxylic acids is 1. The van der Waals surface area contributed by atoms with Gasteiger partial charge >= 0.3 is 12.0 Å². The summed E-state index contributed by atoms with van der Waals surface area (Å²) in [5.74, 6) is -0.840. The van der Waals surface area contributed by atoms with Gasteiger partial charge < -0.3 is 15.7 Å². The Hall–Kier alpha value is -0.910. The third-order valence-electron chi connectivity index (χ3n) is 2.41. The van der Waals surface area contributed by atoms with E-state index < -0.39 is 5.97 Å². The van der Waals surface area contributed by atoms with Crippen molar-refractivity contribution in [3.05, 3.63) is 0 Å². The number of thioether (sulfide) groups is 1. The minimum atomic E-state index is -0.840. The fourth-order valence-corrected chi connectivity index (χ4v) is 1.55. The number of urea groups is 1. The molecule has 2 atom stereocenters. The minimum Gasteiger partial charge on any atom is -0.481 e. The fraction of sp³-hybridized carbons (Fsp3) is 0.818. The summed E-state index contributed by atoms with van der Waals surface area (Å²) < 4.78 is 0. The van der Waals surface area contributed by atoms with Crippen LogP contribution >= 0.6 is 11.8 Å².